The number of pyridine rings is 1. The van der Waals surface area contributed by atoms with Crippen molar-refractivity contribution in [3.05, 3.63) is 52.6 Å². The van der Waals surface area contributed by atoms with Crippen LogP contribution in [0.2, 0.25) is 5.02 Å². The Morgan fingerprint density at radius 2 is 1.85 bits per heavy atom. The number of aromatic nitrogens is 2. The molecule has 9 heteroatoms. The lowest BCUT2D eigenvalue weighted by Crippen LogP contribution is -2.41. The third kappa shape index (κ3) is 4.28. The highest BCUT2D eigenvalue weighted by atomic mass is 35.5. The second kappa shape index (κ2) is 9.39. The van der Waals surface area contributed by atoms with Crippen molar-refractivity contribution in [2.45, 2.75) is 63.7 Å². The Morgan fingerprint density at radius 3 is 2.64 bits per heavy atom. The van der Waals surface area contributed by atoms with Crippen LogP contribution in [-0.4, -0.2) is 45.0 Å². The molecule has 0 unspecified atom stereocenters. The van der Waals surface area contributed by atoms with E-state index in [0.717, 1.165) is 62.8 Å². The number of rotatable bonds is 5. The van der Waals surface area contributed by atoms with Gasteiger partial charge in [-0.15, -0.1) is 11.3 Å². The fourth-order valence-corrected chi connectivity index (χ4v) is 8.24. The zero-order valence-electron chi connectivity index (χ0n) is 21.6. The summed E-state index contributed by atoms with van der Waals surface area (Å²) < 4.78 is 18.7. The summed E-state index contributed by atoms with van der Waals surface area (Å²) in [5.41, 5.74) is 1.92. The minimum atomic E-state index is -1.26. The standard InChI is InChI=1S/C30H30ClFN4O2S/c31-20-13-19-4-12-35(18-30(32)7-10-33-11-8-30)26(19)23(14-20)22-3-9-34-24-15-21(39-27(22)24)17-36-25(37)16-29(28(36)38)5-1-2-6-29/h3-4,9,12-15,33H,1-2,5-8,10-11,16-18H2. The number of amides is 2. The maximum absolute atomic E-state index is 15.7. The quantitative estimate of drug-likeness (QED) is 0.282. The largest absolute Gasteiger partial charge is 0.344 e. The Kier molecular flexibility index (Phi) is 6.06. The summed E-state index contributed by atoms with van der Waals surface area (Å²) in [4.78, 5) is 33.1. The molecule has 1 spiro atoms. The van der Waals surface area contributed by atoms with Crippen LogP contribution in [0.1, 0.15) is 49.8 Å². The van der Waals surface area contributed by atoms with Gasteiger partial charge in [-0.3, -0.25) is 19.5 Å². The number of nitrogens with zero attached hydrogens (tertiary/aromatic N) is 3. The van der Waals surface area contributed by atoms with Crippen molar-refractivity contribution in [1.82, 2.24) is 19.8 Å². The molecule has 1 saturated carbocycles. The van der Waals surface area contributed by atoms with Crippen LogP contribution in [0.5, 0.6) is 0 Å². The second-order valence-electron chi connectivity index (χ2n) is 11.5. The molecule has 4 aromatic rings. The van der Waals surface area contributed by atoms with Crippen molar-refractivity contribution in [1.29, 1.82) is 0 Å². The molecule has 39 heavy (non-hydrogen) atoms. The molecule has 3 aliphatic rings. The maximum atomic E-state index is 15.7. The highest BCUT2D eigenvalue weighted by molar-refractivity contribution is 7.19. The molecule has 1 aliphatic carbocycles. The van der Waals surface area contributed by atoms with Crippen LogP contribution in [0.25, 0.3) is 32.2 Å². The molecule has 1 aromatic carbocycles. The van der Waals surface area contributed by atoms with Crippen LogP contribution in [0, 0.1) is 5.41 Å². The number of piperidine rings is 1. The average Bonchev–Trinajstić information content (AvgIpc) is 3.68. The van der Waals surface area contributed by atoms with Crippen molar-refractivity contribution < 1.29 is 14.0 Å². The molecule has 202 valence electrons. The van der Waals surface area contributed by atoms with Crippen LogP contribution in [0.15, 0.2) is 42.7 Å². The molecule has 3 fully saturated rings. The molecule has 5 heterocycles. The van der Waals surface area contributed by atoms with E-state index in [4.69, 9.17) is 11.6 Å². The summed E-state index contributed by atoms with van der Waals surface area (Å²) in [5.74, 6) is -0.0805. The van der Waals surface area contributed by atoms with Gasteiger partial charge in [-0.1, -0.05) is 24.4 Å². The first kappa shape index (κ1) is 25.2. The van der Waals surface area contributed by atoms with E-state index >= 15 is 4.39 Å². The van der Waals surface area contributed by atoms with Crippen LogP contribution >= 0.6 is 22.9 Å². The molecule has 2 amide bonds. The predicted molar refractivity (Wildman–Crippen MR) is 153 cm³/mol. The van der Waals surface area contributed by atoms with Crippen LogP contribution in [0.4, 0.5) is 4.39 Å². The molecule has 6 nitrogen and oxygen atoms in total. The van der Waals surface area contributed by atoms with Gasteiger partial charge in [0.2, 0.25) is 11.8 Å². The monoisotopic (exact) mass is 564 g/mol. The summed E-state index contributed by atoms with van der Waals surface area (Å²) in [7, 11) is 0. The highest BCUT2D eigenvalue weighted by Gasteiger charge is 2.52. The first-order chi connectivity index (χ1) is 18.8. The van der Waals surface area contributed by atoms with Crippen molar-refractivity contribution >= 4 is 55.9 Å². The molecule has 2 saturated heterocycles. The van der Waals surface area contributed by atoms with Gasteiger partial charge < -0.3 is 9.88 Å². The number of benzene rings is 1. The van der Waals surface area contributed by atoms with Gasteiger partial charge in [0.05, 0.1) is 34.2 Å². The molecule has 0 radical (unpaired) electrons. The van der Waals surface area contributed by atoms with Gasteiger partial charge in [-0.05, 0) is 69.1 Å². The molecular weight excluding hydrogens is 535 g/mol. The first-order valence-corrected chi connectivity index (χ1v) is 14.9. The zero-order chi connectivity index (χ0) is 26.8. The number of fused-ring (bicyclic) bond motifs is 2. The Hall–Kier alpha value is -2.81. The van der Waals surface area contributed by atoms with Gasteiger partial charge in [0, 0.05) is 45.2 Å². The predicted octanol–water partition coefficient (Wildman–Crippen LogP) is 6.48. The van der Waals surface area contributed by atoms with Crippen LogP contribution in [-0.2, 0) is 22.7 Å². The van der Waals surface area contributed by atoms with E-state index in [1.165, 1.54) is 4.90 Å². The molecule has 2 aliphatic heterocycles. The van der Waals surface area contributed by atoms with Gasteiger partial charge in [0.25, 0.3) is 0 Å². The number of carbonyl (C=O) groups excluding carboxylic acids is 2. The van der Waals surface area contributed by atoms with Crippen LogP contribution in [0.3, 0.4) is 0 Å². The minimum absolute atomic E-state index is 0.0110. The van der Waals surface area contributed by atoms with E-state index in [1.807, 2.05) is 41.1 Å². The Balaban J connectivity index is 1.27. The number of halogens is 2. The van der Waals surface area contributed by atoms with Gasteiger partial charge in [0.1, 0.15) is 5.67 Å². The molecule has 0 bridgehead atoms. The topological polar surface area (TPSA) is 67.2 Å². The van der Waals surface area contributed by atoms with E-state index in [9.17, 15) is 9.59 Å². The number of likely N-dealkylation sites (tertiary alicyclic amines) is 1. The number of carbonyl (C=O) groups is 2. The first-order valence-electron chi connectivity index (χ1n) is 13.7. The Morgan fingerprint density at radius 1 is 1.05 bits per heavy atom. The zero-order valence-corrected chi connectivity index (χ0v) is 23.2. The number of thiophene rings is 1. The fraction of sp³-hybridized carbons (Fsp3) is 0.433. The number of hydrogen-bond acceptors (Lipinski definition) is 5. The molecular formula is C30H30ClFN4O2S. The lowest BCUT2D eigenvalue weighted by atomic mass is 9.84. The van der Waals surface area contributed by atoms with E-state index in [0.29, 0.717) is 37.4 Å². The van der Waals surface area contributed by atoms with Crippen molar-refractivity contribution in [2.75, 3.05) is 13.1 Å². The molecule has 3 aromatic heterocycles. The normalized spacial score (nSPS) is 20.7. The number of imide groups is 1. The smallest absolute Gasteiger partial charge is 0.236 e. The van der Waals surface area contributed by atoms with Gasteiger partial charge in [-0.2, -0.15) is 0 Å². The molecule has 7 rings (SSSR count). The fourth-order valence-electron chi connectivity index (χ4n) is 6.88. The van der Waals surface area contributed by atoms with Gasteiger partial charge in [0.15, 0.2) is 0 Å². The second-order valence-corrected chi connectivity index (χ2v) is 13.0. The average molecular weight is 565 g/mol. The summed E-state index contributed by atoms with van der Waals surface area (Å²) in [6, 6.07) is 9.82. The van der Waals surface area contributed by atoms with E-state index in [2.05, 4.69) is 10.3 Å². The summed E-state index contributed by atoms with van der Waals surface area (Å²) in [6.45, 7) is 1.93. The van der Waals surface area contributed by atoms with E-state index in [-0.39, 0.29) is 24.9 Å². The van der Waals surface area contributed by atoms with Gasteiger partial charge >= 0.3 is 0 Å². The summed E-state index contributed by atoms with van der Waals surface area (Å²) in [5, 5.41) is 4.83. The molecule has 0 atom stereocenters. The van der Waals surface area contributed by atoms with E-state index in [1.54, 1.807) is 17.5 Å². The lowest BCUT2D eigenvalue weighted by Gasteiger charge is -2.31. The van der Waals surface area contributed by atoms with Crippen LogP contribution < -0.4 is 5.32 Å². The van der Waals surface area contributed by atoms with Gasteiger partial charge in [-0.25, -0.2) is 4.39 Å². The minimum Gasteiger partial charge on any atom is -0.344 e. The summed E-state index contributed by atoms with van der Waals surface area (Å²) >= 11 is 8.13. The Labute approximate surface area is 235 Å². The van der Waals surface area contributed by atoms with Crippen molar-refractivity contribution in [3.63, 3.8) is 0 Å². The SMILES string of the molecule is O=C1CC2(CCCC2)C(=O)N1Cc1cc2nccc(-c3cc(Cl)cc4ccn(CC5(F)CCNCC5)c34)c2s1. The van der Waals surface area contributed by atoms with Crippen molar-refractivity contribution in [3.8, 4) is 11.1 Å². The maximum Gasteiger partial charge on any atom is 0.236 e. The number of hydrogen-bond donors (Lipinski definition) is 1. The highest BCUT2D eigenvalue weighted by Crippen LogP contribution is 2.48. The third-order valence-electron chi connectivity index (χ3n) is 8.90. The number of alkyl halides is 1. The third-order valence-corrected chi connectivity index (χ3v) is 10.3. The van der Waals surface area contributed by atoms with E-state index < -0.39 is 11.1 Å². The lowest BCUT2D eigenvalue weighted by molar-refractivity contribution is -0.142. The summed E-state index contributed by atoms with van der Waals surface area (Å²) in [6.07, 6.45) is 8.69. The van der Waals surface area contributed by atoms with Crippen molar-refractivity contribution in [2.24, 2.45) is 5.41 Å². The molecule has 1 N–H and O–H groups in total. The number of nitrogens with one attached hydrogen (secondary N) is 1. The Bertz CT molecular complexity index is 1620.